The van der Waals surface area contributed by atoms with E-state index in [-0.39, 0.29) is 24.1 Å². The SMILES string of the molecule is Cc1ccc(C(=O)NCc2nnc(SCC(=O)Nc3cc(C)c(C)cc3Br)n2C)cc1. The second-order valence-electron chi connectivity index (χ2n) is 7.26. The van der Waals surface area contributed by atoms with E-state index in [4.69, 9.17) is 0 Å². The third kappa shape index (κ3) is 5.95. The molecule has 0 aliphatic carbocycles. The molecule has 3 aromatic rings. The van der Waals surface area contributed by atoms with Gasteiger partial charge in [0.15, 0.2) is 11.0 Å². The Morgan fingerprint density at radius 1 is 1.06 bits per heavy atom. The summed E-state index contributed by atoms with van der Waals surface area (Å²) in [5.74, 6) is 0.503. The monoisotopic (exact) mass is 501 g/mol. The molecule has 9 heteroatoms. The van der Waals surface area contributed by atoms with Crippen molar-refractivity contribution in [1.29, 1.82) is 0 Å². The van der Waals surface area contributed by atoms with Crippen molar-refractivity contribution in [3.63, 3.8) is 0 Å². The van der Waals surface area contributed by atoms with Crippen LogP contribution >= 0.6 is 27.7 Å². The number of carbonyl (C=O) groups is 2. The van der Waals surface area contributed by atoms with Gasteiger partial charge in [0.2, 0.25) is 5.91 Å². The van der Waals surface area contributed by atoms with Crippen LogP contribution in [-0.2, 0) is 18.4 Å². The quantitative estimate of drug-likeness (QED) is 0.474. The number of aryl methyl sites for hydroxylation is 3. The fraction of sp³-hybridized carbons (Fsp3) is 0.273. The number of nitrogens with zero attached hydrogens (tertiary/aromatic N) is 3. The maximum absolute atomic E-state index is 12.4. The Labute approximate surface area is 194 Å². The van der Waals surface area contributed by atoms with Crippen LogP contribution < -0.4 is 10.6 Å². The van der Waals surface area contributed by atoms with Crippen LogP contribution in [0.5, 0.6) is 0 Å². The molecule has 0 aliphatic rings. The molecular formula is C22H24BrN5O2S. The van der Waals surface area contributed by atoms with E-state index in [1.165, 1.54) is 11.8 Å². The Balaban J connectivity index is 1.54. The zero-order valence-corrected chi connectivity index (χ0v) is 20.2. The standard InChI is InChI=1S/C22H24BrN5O2S/c1-13-5-7-16(8-6-13)21(30)24-11-19-26-27-22(28(19)4)31-12-20(29)25-18-10-15(3)14(2)9-17(18)23/h5-10H,11-12H2,1-4H3,(H,24,30)(H,25,29). The number of aromatic nitrogens is 3. The molecule has 0 unspecified atom stereocenters. The number of hydrogen-bond donors (Lipinski definition) is 2. The summed E-state index contributed by atoms with van der Waals surface area (Å²) in [6.45, 7) is 6.25. The van der Waals surface area contributed by atoms with E-state index in [0.717, 1.165) is 26.9 Å². The lowest BCUT2D eigenvalue weighted by atomic mass is 10.1. The first-order valence-electron chi connectivity index (χ1n) is 9.67. The van der Waals surface area contributed by atoms with Crippen LogP contribution in [0, 0.1) is 20.8 Å². The van der Waals surface area contributed by atoms with Gasteiger partial charge in [-0.05, 0) is 72.1 Å². The number of carbonyl (C=O) groups excluding carboxylic acids is 2. The van der Waals surface area contributed by atoms with Crippen molar-refractivity contribution in [1.82, 2.24) is 20.1 Å². The Bertz CT molecular complexity index is 1110. The molecule has 0 aliphatic heterocycles. The smallest absolute Gasteiger partial charge is 0.251 e. The van der Waals surface area contributed by atoms with Crippen LogP contribution in [0.4, 0.5) is 5.69 Å². The predicted molar refractivity (Wildman–Crippen MR) is 126 cm³/mol. The molecule has 2 aromatic carbocycles. The van der Waals surface area contributed by atoms with E-state index in [9.17, 15) is 9.59 Å². The number of hydrogen-bond acceptors (Lipinski definition) is 5. The van der Waals surface area contributed by atoms with Crippen molar-refractivity contribution in [2.45, 2.75) is 32.5 Å². The molecule has 162 valence electrons. The van der Waals surface area contributed by atoms with Crippen molar-refractivity contribution < 1.29 is 9.59 Å². The fourth-order valence-electron chi connectivity index (χ4n) is 2.78. The van der Waals surface area contributed by atoms with Gasteiger partial charge < -0.3 is 15.2 Å². The summed E-state index contributed by atoms with van der Waals surface area (Å²) in [5, 5.41) is 14.6. The zero-order valence-electron chi connectivity index (χ0n) is 17.8. The average molecular weight is 502 g/mol. The van der Waals surface area contributed by atoms with Gasteiger partial charge in [-0.1, -0.05) is 29.5 Å². The number of halogens is 1. The Morgan fingerprint density at radius 3 is 2.45 bits per heavy atom. The number of amides is 2. The van der Waals surface area contributed by atoms with E-state index >= 15 is 0 Å². The molecule has 2 amide bonds. The number of thioether (sulfide) groups is 1. The highest BCUT2D eigenvalue weighted by atomic mass is 79.9. The molecule has 7 nitrogen and oxygen atoms in total. The minimum atomic E-state index is -0.171. The van der Waals surface area contributed by atoms with E-state index in [1.54, 1.807) is 16.7 Å². The molecule has 0 fully saturated rings. The third-order valence-corrected chi connectivity index (χ3v) is 6.51. The molecule has 0 saturated heterocycles. The molecule has 0 saturated carbocycles. The van der Waals surface area contributed by atoms with Gasteiger partial charge in [-0.3, -0.25) is 9.59 Å². The Kier molecular flexibility index (Phi) is 7.50. The van der Waals surface area contributed by atoms with Crippen molar-refractivity contribution in [3.8, 4) is 0 Å². The van der Waals surface area contributed by atoms with Crippen LogP contribution in [0.15, 0.2) is 46.0 Å². The first kappa shape index (κ1) is 23.0. The topological polar surface area (TPSA) is 88.9 Å². The summed E-state index contributed by atoms with van der Waals surface area (Å²) in [7, 11) is 1.81. The molecule has 0 atom stereocenters. The molecule has 3 rings (SSSR count). The van der Waals surface area contributed by atoms with Gasteiger partial charge in [0, 0.05) is 17.1 Å². The first-order chi connectivity index (χ1) is 14.7. The summed E-state index contributed by atoms with van der Waals surface area (Å²) >= 11 is 4.78. The average Bonchev–Trinajstić information content (AvgIpc) is 3.08. The van der Waals surface area contributed by atoms with E-state index in [2.05, 4.69) is 36.8 Å². The second-order valence-corrected chi connectivity index (χ2v) is 9.06. The summed E-state index contributed by atoms with van der Waals surface area (Å²) in [6, 6.07) is 11.3. The van der Waals surface area contributed by atoms with Gasteiger partial charge in [0.25, 0.3) is 5.91 Å². The molecule has 0 bridgehead atoms. The number of nitrogens with one attached hydrogen (secondary N) is 2. The van der Waals surface area contributed by atoms with Crippen LogP contribution in [0.2, 0.25) is 0 Å². The van der Waals surface area contributed by atoms with E-state index in [1.807, 2.05) is 52.1 Å². The summed E-state index contributed by atoms with van der Waals surface area (Å²) < 4.78 is 2.62. The molecule has 0 radical (unpaired) electrons. The maximum atomic E-state index is 12.4. The van der Waals surface area contributed by atoms with Gasteiger partial charge in [0.05, 0.1) is 18.0 Å². The highest BCUT2D eigenvalue weighted by Gasteiger charge is 2.14. The summed E-state index contributed by atoms with van der Waals surface area (Å²) in [6.07, 6.45) is 0. The maximum Gasteiger partial charge on any atom is 0.251 e. The normalized spacial score (nSPS) is 10.7. The van der Waals surface area contributed by atoms with Crippen molar-refractivity contribution in [2.24, 2.45) is 7.05 Å². The lowest BCUT2D eigenvalue weighted by Crippen LogP contribution is -2.24. The van der Waals surface area contributed by atoms with E-state index < -0.39 is 0 Å². The van der Waals surface area contributed by atoms with Crippen LogP contribution in [0.25, 0.3) is 0 Å². The number of benzene rings is 2. The fourth-order valence-corrected chi connectivity index (χ4v) is 4.07. The van der Waals surface area contributed by atoms with Crippen molar-refractivity contribution in [2.75, 3.05) is 11.1 Å². The van der Waals surface area contributed by atoms with Crippen LogP contribution in [0.3, 0.4) is 0 Å². The lowest BCUT2D eigenvalue weighted by Gasteiger charge is -2.10. The minimum absolute atomic E-state index is 0.133. The Morgan fingerprint density at radius 2 is 1.74 bits per heavy atom. The molecule has 1 heterocycles. The molecule has 2 N–H and O–H groups in total. The summed E-state index contributed by atoms with van der Waals surface area (Å²) in [5.41, 5.74) is 4.69. The van der Waals surface area contributed by atoms with Gasteiger partial charge >= 0.3 is 0 Å². The van der Waals surface area contributed by atoms with Crippen molar-refractivity contribution >= 4 is 45.2 Å². The molecule has 31 heavy (non-hydrogen) atoms. The highest BCUT2D eigenvalue weighted by molar-refractivity contribution is 9.10. The molecule has 0 spiro atoms. The van der Waals surface area contributed by atoms with Gasteiger partial charge in [-0.2, -0.15) is 0 Å². The van der Waals surface area contributed by atoms with Gasteiger partial charge in [0.1, 0.15) is 0 Å². The molecule has 1 aromatic heterocycles. The number of anilines is 1. The zero-order chi connectivity index (χ0) is 22.5. The van der Waals surface area contributed by atoms with Crippen molar-refractivity contribution in [3.05, 3.63) is 68.9 Å². The van der Waals surface area contributed by atoms with E-state index in [0.29, 0.717) is 16.5 Å². The molecular weight excluding hydrogens is 478 g/mol. The second kappa shape index (κ2) is 10.1. The lowest BCUT2D eigenvalue weighted by molar-refractivity contribution is -0.113. The third-order valence-electron chi connectivity index (χ3n) is 4.84. The highest BCUT2D eigenvalue weighted by Crippen LogP contribution is 2.26. The number of rotatable bonds is 7. The largest absolute Gasteiger partial charge is 0.345 e. The summed E-state index contributed by atoms with van der Waals surface area (Å²) in [4.78, 5) is 24.7. The van der Waals surface area contributed by atoms with Gasteiger partial charge in [-0.15, -0.1) is 10.2 Å². The van der Waals surface area contributed by atoms with Crippen LogP contribution in [0.1, 0.15) is 32.9 Å². The predicted octanol–water partition coefficient (Wildman–Crippen LogP) is 4.16. The Hall–Kier alpha value is -2.65. The first-order valence-corrected chi connectivity index (χ1v) is 11.4. The van der Waals surface area contributed by atoms with Gasteiger partial charge in [-0.25, -0.2) is 0 Å². The minimum Gasteiger partial charge on any atom is -0.345 e. The van der Waals surface area contributed by atoms with Crippen LogP contribution in [-0.4, -0.2) is 32.3 Å².